The number of anilines is 1. The molecule has 18 heteroatoms. The Balaban J connectivity index is 0.00000450. The molecule has 0 unspecified atom stereocenters. The molecule has 0 fully saturated rings. The van der Waals surface area contributed by atoms with Gasteiger partial charge >= 0.3 is 64.8 Å². The minimum absolute atomic E-state index is 0. The molecule has 154 valence electrons. The summed E-state index contributed by atoms with van der Waals surface area (Å²) in [5, 5.41) is 25.2. The Bertz CT molecular complexity index is 1250. The Labute approximate surface area is 219 Å². The molecule has 0 bridgehead atoms. The monoisotopic (exact) mass is 490 g/mol. The Morgan fingerprint density at radius 1 is 0.871 bits per heavy atom. The van der Waals surface area contributed by atoms with E-state index in [4.69, 9.17) is 0 Å². The quantitative estimate of drug-likeness (QED) is 0.127. The SMILES string of the molecule is O=[N+]([O-])c1ccc(NN=Cc2ccc(S(=O)(=O)[O-])cc2S(=O)(=O)[O-])c([N+](=O)[O-])c1.[Na+].[Na+]. The van der Waals surface area contributed by atoms with Crippen molar-refractivity contribution in [1.82, 2.24) is 0 Å². The normalized spacial score (nSPS) is 11.3. The molecule has 0 aromatic heterocycles. The molecule has 0 saturated carbocycles. The number of nitrogens with one attached hydrogen (secondary N) is 1. The van der Waals surface area contributed by atoms with Gasteiger partial charge in [0.2, 0.25) is 0 Å². The molecule has 31 heavy (non-hydrogen) atoms. The van der Waals surface area contributed by atoms with E-state index >= 15 is 0 Å². The first-order chi connectivity index (χ1) is 13.3. The first-order valence-corrected chi connectivity index (χ1v) is 9.90. The van der Waals surface area contributed by atoms with Crippen molar-refractivity contribution >= 4 is 43.5 Å². The third-order valence-electron chi connectivity index (χ3n) is 3.32. The molecule has 1 N–H and O–H groups in total. The van der Waals surface area contributed by atoms with Crippen molar-refractivity contribution < 1.29 is 94.9 Å². The van der Waals surface area contributed by atoms with Crippen molar-refractivity contribution in [3.05, 3.63) is 62.2 Å². The number of non-ortho nitro benzene ring substituents is 1. The zero-order chi connectivity index (χ0) is 22.0. The van der Waals surface area contributed by atoms with Gasteiger partial charge in [-0.1, -0.05) is 6.07 Å². The fourth-order valence-corrected chi connectivity index (χ4v) is 3.30. The van der Waals surface area contributed by atoms with Gasteiger partial charge in [0.15, 0.2) is 0 Å². The molecule has 0 atom stereocenters. The van der Waals surface area contributed by atoms with E-state index in [1.807, 2.05) is 0 Å². The number of benzene rings is 2. The predicted molar refractivity (Wildman–Crippen MR) is 93.3 cm³/mol. The Morgan fingerprint density at radius 2 is 1.48 bits per heavy atom. The minimum atomic E-state index is -5.20. The van der Waals surface area contributed by atoms with Gasteiger partial charge in [0, 0.05) is 11.6 Å². The molecule has 2 aromatic rings. The summed E-state index contributed by atoms with van der Waals surface area (Å²) in [6.07, 6.45) is 0.733. The second kappa shape index (κ2) is 11.4. The number of nitro groups is 2. The van der Waals surface area contributed by atoms with E-state index in [9.17, 15) is 46.2 Å². The van der Waals surface area contributed by atoms with Gasteiger partial charge in [-0.2, -0.15) is 5.10 Å². The summed E-state index contributed by atoms with van der Waals surface area (Å²) in [7, 11) is -10.2. The van der Waals surface area contributed by atoms with Crippen LogP contribution in [-0.4, -0.2) is 42.0 Å². The largest absolute Gasteiger partial charge is 1.00 e. The van der Waals surface area contributed by atoms with Crippen LogP contribution in [0.5, 0.6) is 0 Å². The van der Waals surface area contributed by atoms with Crippen molar-refractivity contribution in [3.63, 3.8) is 0 Å². The number of hydrogen-bond acceptors (Lipinski definition) is 12. The van der Waals surface area contributed by atoms with Crippen LogP contribution >= 0.6 is 0 Å². The van der Waals surface area contributed by atoms with Crippen LogP contribution in [0.25, 0.3) is 0 Å². The van der Waals surface area contributed by atoms with Crippen LogP contribution in [0.4, 0.5) is 17.1 Å². The standard InChI is InChI=1S/C13H10N4O10S2.2Na/c18-16(19)9-2-4-11(12(5-9)17(20)21)15-14-7-8-1-3-10(28(22,23)24)6-13(8)29(25,26)27;;/h1-7,15H,(H,22,23,24)(H,25,26,27);;/q;2*+1/p-2. The first kappa shape index (κ1) is 29.5. The molecule has 2 aromatic carbocycles. The van der Waals surface area contributed by atoms with Crippen molar-refractivity contribution in [1.29, 1.82) is 0 Å². The molecular formula is C13H8N4Na2O10S2. The van der Waals surface area contributed by atoms with E-state index in [1.54, 1.807) is 0 Å². The van der Waals surface area contributed by atoms with Gasteiger partial charge in [0.25, 0.3) is 5.69 Å². The summed E-state index contributed by atoms with van der Waals surface area (Å²) in [6.45, 7) is 0. The van der Waals surface area contributed by atoms with Gasteiger partial charge in [-0.15, -0.1) is 0 Å². The maximum Gasteiger partial charge on any atom is 1.00 e. The van der Waals surface area contributed by atoms with Crippen molar-refractivity contribution in [2.45, 2.75) is 9.79 Å². The van der Waals surface area contributed by atoms with Gasteiger partial charge in [-0.25, -0.2) is 16.8 Å². The van der Waals surface area contributed by atoms with Crippen LogP contribution in [0, 0.1) is 20.2 Å². The summed E-state index contributed by atoms with van der Waals surface area (Å²) >= 11 is 0. The first-order valence-electron chi connectivity index (χ1n) is 7.08. The average molecular weight is 490 g/mol. The van der Waals surface area contributed by atoms with Gasteiger partial charge in [-0.05, 0) is 18.2 Å². The fraction of sp³-hybridized carbons (Fsp3) is 0. The zero-order valence-corrected chi connectivity index (χ0v) is 21.4. The molecule has 0 spiro atoms. The van der Waals surface area contributed by atoms with Crippen LogP contribution < -0.4 is 64.5 Å². The molecular weight excluding hydrogens is 482 g/mol. The number of nitro benzene ring substituents is 2. The van der Waals surface area contributed by atoms with Crippen molar-refractivity contribution in [2.24, 2.45) is 5.10 Å². The number of hydrazone groups is 1. The third kappa shape index (κ3) is 7.86. The van der Waals surface area contributed by atoms with E-state index in [1.165, 1.54) is 0 Å². The van der Waals surface area contributed by atoms with E-state index in [0.717, 1.165) is 30.5 Å². The number of nitrogens with zero attached hydrogens (tertiary/aromatic N) is 3. The fourth-order valence-electron chi connectivity index (χ4n) is 2.04. The third-order valence-corrected chi connectivity index (χ3v) is 5.04. The Morgan fingerprint density at radius 3 is 1.97 bits per heavy atom. The van der Waals surface area contributed by atoms with Crippen LogP contribution in [0.1, 0.15) is 5.56 Å². The molecule has 0 radical (unpaired) electrons. The van der Waals surface area contributed by atoms with Crippen molar-refractivity contribution in [2.75, 3.05) is 5.43 Å². The summed E-state index contributed by atoms with van der Waals surface area (Å²) in [5.74, 6) is 0. The molecule has 0 amide bonds. The topological polar surface area (TPSA) is 225 Å². The zero-order valence-electron chi connectivity index (χ0n) is 15.8. The Kier molecular flexibility index (Phi) is 10.9. The summed E-state index contributed by atoms with van der Waals surface area (Å²) in [6, 6.07) is 4.52. The second-order valence-electron chi connectivity index (χ2n) is 5.19. The molecule has 2 rings (SSSR count). The second-order valence-corrected chi connectivity index (χ2v) is 7.92. The minimum Gasteiger partial charge on any atom is -0.744 e. The van der Waals surface area contributed by atoms with Crippen LogP contribution in [0.2, 0.25) is 0 Å². The van der Waals surface area contributed by atoms with E-state index in [2.05, 4.69) is 10.5 Å². The van der Waals surface area contributed by atoms with Crippen LogP contribution in [0.3, 0.4) is 0 Å². The van der Waals surface area contributed by atoms with E-state index < -0.39 is 56.8 Å². The van der Waals surface area contributed by atoms with E-state index in [0.29, 0.717) is 12.1 Å². The summed E-state index contributed by atoms with van der Waals surface area (Å²) in [5.41, 5.74) is 0.196. The predicted octanol–water partition coefficient (Wildman–Crippen LogP) is -5.23. The van der Waals surface area contributed by atoms with Crippen molar-refractivity contribution in [3.8, 4) is 0 Å². The number of hydrogen-bond donors (Lipinski definition) is 1. The maximum absolute atomic E-state index is 11.3. The van der Waals surface area contributed by atoms with Gasteiger partial charge in [-0.3, -0.25) is 25.7 Å². The van der Waals surface area contributed by atoms with Crippen LogP contribution in [0.15, 0.2) is 51.3 Å². The Hall–Kier alpha value is -1.47. The van der Waals surface area contributed by atoms with Crippen LogP contribution in [-0.2, 0) is 20.2 Å². The van der Waals surface area contributed by atoms with E-state index in [-0.39, 0.29) is 64.8 Å². The summed E-state index contributed by atoms with van der Waals surface area (Å²) in [4.78, 5) is 17.9. The maximum atomic E-state index is 11.3. The van der Waals surface area contributed by atoms with Gasteiger partial charge in [0.1, 0.15) is 25.9 Å². The number of rotatable bonds is 7. The molecule has 14 nitrogen and oxygen atoms in total. The molecule has 0 saturated heterocycles. The molecule has 0 aliphatic heterocycles. The molecule has 0 heterocycles. The average Bonchev–Trinajstić information content (AvgIpc) is 2.60. The molecule has 0 aliphatic carbocycles. The van der Waals surface area contributed by atoms with Gasteiger partial charge < -0.3 is 9.11 Å². The molecule has 0 aliphatic rings. The summed E-state index contributed by atoms with van der Waals surface area (Å²) < 4.78 is 66.9. The van der Waals surface area contributed by atoms with Gasteiger partial charge in [0.05, 0.1) is 31.9 Å². The smallest absolute Gasteiger partial charge is 0.744 e.